The van der Waals surface area contributed by atoms with E-state index in [1.54, 1.807) is 0 Å². The summed E-state index contributed by atoms with van der Waals surface area (Å²) in [7, 11) is 0. The van der Waals surface area contributed by atoms with E-state index in [0.29, 0.717) is 32.0 Å². The van der Waals surface area contributed by atoms with E-state index < -0.39 is 12.6 Å². The molecule has 0 saturated heterocycles. The van der Waals surface area contributed by atoms with Gasteiger partial charge in [0.25, 0.3) is 0 Å². The number of rotatable bonds is 10. The summed E-state index contributed by atoms with van der Waals surface area (Å²) < 4.78 is 40.7. The van der Waals surface area contributed by atoms with Crippen molar-refractivity contribution >= 4 is 0 Å². The molecule has 2 nitrogen and oxygen atoms in total. The molecule has 0 rings (SSSR count). The zero-order valence-electron chi connectivity index (χ0n) is 10.8. The Morgan fingerprint density at radius 2 is 1.76 bits per heavy atom. The molecule has 0 amide bonds. The first-order valence-electron chi connectivity index (χ1n) is 6.27. The van der Waals surface area contributed by atoms with Gasteiger partial charge in [0.15, 0.2) is 0 Å². The molecule has 104 valence electrons. The molecule has 0 aromatic heterocycles. The lowest BCUT2D eigenvalue weighted by molar-refractivity contribution is -0.135. The predicted molar refractivity (Wildman–Crippen MR) is 63.0 cm³/mol. The number of nitrogens with one attached hydrogen (secondary N) is 1. The SMILES string of the molecule is CC(C)CCOCCNCCCCC(F)(F)F. The van der Waals surface area contributed by atoms with Gasteiger partial charge in [0.1, 0.15) is 0 Å². The molecule has 5 heteroatoms. The first-order valence-corrected chi connectivity index (χ1v) is 6.27. The zero-order valence-corrected chi connectivity index (χ0v) is 10.8. The van der Waals surface area contributed by atoms with Crippen LogP contribution in [0.3, 0.4) is 0 Å². The molecule has 0 unspecified atom stereocenters. The molecule has 0 aliphatic heterocycles. The van der Waals surface area contributed by atoms with Crippen molar-refractivity contribution in [2.45, 2.75) is 45.7 Å². The Morgan fingerprint density at radius 1 is 1.06 bits per heavy atom. The van der Waals surface area contributed by atoms with Crippen LogP contribution in [0.2, 0.25) is 0 Å². The number of halogens is 3. The Hall–Kier alpha value is -0.290. The Labute approximate surface area is 102 Å². The maximum Gasteiger partial charge on any atom is 0.389 e. The van der Waals surface area contributed by atoms with E-state index >= 15 is 0 Å². The second-order valence-corrected chi connectivity index (χ2v) is 4.62. The summed E-state index contributed by atoms with van der Waals surface area (Å²) in [5, 5.41) is 3.07. The lowest BCUT2D eigenvalue weighted by Crippen LogP contribution is -2.21. The van der Waals surface area contributed by atoms with Crippen LogP contribution in [0, 0.1) is 5.92 Å². The molecule has 0 aromatic rings. The fourth-order valence-corrected chi connectivity index (χ4v) is 1.27. The highest BCUT2D eigenvalue weighted by Gasteiger charge is 2.25. The Balaban J connectivity index is 3.04. The summed E-state index contributed by atoms with van der Waals surface area (Å²) in [6.07, 6.45) is -2.89. The van der Waals surface area contributed by atoms with Gasteiger partial charge in [-0.2, -0.15) is 13.2 Å². The molecular formula is C12H24F3NO. The van der Waals surface area contributed by atoms with Crippen molar-refractivity contribution in [1.29, 1.82) is 0 Å². The molecular weight excluding hydrogens is 231 g/mol. The second-order valence-electron chi connectivity index (χ2n) is 4.62. The maximum absolute atomic E-state index is 11.8. The third kappa shape index (κ3) is 15.7. The number of alkyl halides is 3. The van der Waals surface area contributed by atoms with Gasteiger partial charge < -0.3 is 10.1 Å². The average Bonchev–Trinajstić information content (AvgIpc) is 2.18. The van der Waals surface area contributed by atoms with Crippen LogP contribution in [0.15, 0.2) is 0 Å². The third-order valence-electron chi connectivity index (χ3n) is 2.33. The molecule has 0 bridgehead atoms. The van der Waals surface area contributed by atoms with Crippen molar-refractivity contribution in [1.82, 2.24) is 5.32 Å². The Morgan fingerprint density at radius 3 is 2.35 bits per heavy atom. The normalized spacial score (nSPS) is 12.4. The first-order chi connectivity index (χ1) is 7.92. The van der Waals surface area contributed by atoms with Crippen LogP contribution in [0.5, 0.6) is 0 Å². The second kappa shape index (κ2) is 9.71. The standard InChI is InChI=1S/C12H24F3NO/c1-11(2)5-9-17-10-8-16-7-4-3-6-12(13,14)15/h11,16H,3-10H2,1-2H3. The lowest BCUT2D eigenvalue weighted by Gasteiger charge is -2.08. The maximum atomic E-state index is 11.8. The van der Waals surface area contributed by atoms with E-state index in [1.165, 1.54) is 0 Å². The van der Waals surface area contributed by atoms with E-state index in [4.69, 9.17) is 4.74 Å². The molecule has 1 N–H and O–H groups in total. The average molecular weight is 255 g/mol. The van der Waals surface area contributed by atoms with Crippen molar-refractivity contribution in [3.63, 3.8) is 0 Å². The van der Waals surface area contributed by atoms with Crippen LogP contribution in [-0.4, -0.2) is 32.5 Å². The van der Waals surface area contributed by atoms with Gasteiger partial charge in [-0.15, -0.1) is 0 Å². The van der Waals surface area contributed by atoms with E-state index in [0.717, 1.165) is 13.0 Å². The largest absolute Gasteiger partial charge is 0.389 e. The topological polar surface area (TPSA) is 21.3 Å². The van der Waals surface area contributed by atoms with E-state index in [1.807, 2.05) is 0 Å². The number of hydrogen-bond donors (Lipinski definition) is 1. The van der Waals surface area contributed by atoms with Gasteiger partial charge in [-0.3, -0.25) is 0 Å². The van der Waals surface area contributed by atoms with Gasteiger partial charge in [0.2, 0.25) is 0 Å². The van der Waals surface area contributed by atoms with Crippen molar-refractivity contribution in [3.8, 4) is 0 Å². The van der Waals surface area contributed by atoms with Crippen LogP contribution in [-0.2, 0) is 4.74 Å². The van der Waals surface area contributed by atoms with Crippen molar-refractivity contribution in [2.75, 3.05) is 26.3 Å². The third-order valence-corrected chi connectivity index (χ3v) is 2.33. The molecule has 0 saturated carbocycles. The number of unbranched alkanes of at least 4 members (excludes halogenated alkanes) is 1. The molecule has 0 radical (unpaired) electrons. The van der Waals surface area contributed by atoms with Gasteiger partial charge >= 0.3 is 6.18 Å². The number of ether oxygens (including phenoxy) is 1. The van der Waals surface area contributed by atoms with Gasteiger partial charge in [-0.1, -0.05) is 13.8 Å². The molecule has 0 atom stereocenters. The van der Waals surface area contributed by atoms with Crippen molar-refractivity contribution in [2.24, 2.45) is 5.92 Å². The summed E-state index contributed by atoms with van der Waals surface area (Å²) in [6, 6.07) is 0. The zero-order chi connectivity index (χ0) is 13.1. The fraction of sp³-hybridized carbons (Fsp3) is 1.00. The minimum atomic E-state index is -4.01. The van der Waals surface area contributed by atoms with Crippen LogP contribution in [0.25, 0.3) is 0 Å². The summed E-state index contributed by atoms with van der Waals surface area (Å²) >= 11 is 0. The smallest absolute Gasteiger partial charge is 0.380 e. The highest BCUT2D eigenvalue weighted by Crippen LogP contribution is 2.21. The quantitative estimate of drug-likeness (QED) is 0.604. The fourth-order valence-electron chi connectivity index (χ4n) is 1.27. The van der Waals surface area contributed by atoms with Crippen LogP contribution in [0.1, 0.15) is 39.5 Å². The number of hydrogen-bond acceptors (Lipinski definition) is 2. The highest BCUT2D eigenvalue weighted by atomic mass is 19.4. The van der Waals surface area contributed by atoms with Crippen molar-refractivity contribution in [3.05, 3.63) is 0 Å². The van der Waals surface area contributed by atoms with Crippen LogP contribution in [0.4, 0.5) is 13.2 Å². The lowest BCUT2D eigenvalue weighted by atomic mass is 10.1. The highest BCUT2D eigenvalue weighted by molar-refractivity contribution is 4.53. The van der Waals surface area contributed by atoms with E-state index in [2.05, 4.69) is 19.2 Å². The van der Waals surface area contributed by atoms with Gasteiger partial charge in [-0.05, 0) is 31.7 Å². The summed E-state index contributed by atoms with van der Waals surface area (Å²) in [6.45, 7) is 7.01. The monoisotopic (exact) mass is 255 g/mol. The minimum absolute atomic E-state index is 0.199. The van der Waals surface area contributed by atoms with Crippen molar-refractivity contribution < 1.29 is 17.9 Å². The molecule has 0 spiro atoms. The van der Waals surface area contributed by atoms with Crippen LogP contribution < -0.4 is 5.32 Å². The molecule has 17 heavy (non-hydrogen) atoms. The first kappa shape index (κ1) is 16.7. The van der Waals surface area contributed by atoms with E-state index in [9.17, 15) is 13.2 Å². The molecule has 0 fully saturated rings. The Kier molecular flexibility index (Phi) is 9.55. The summed E-state index contributed by atoms with van der Waals surface area (Å²) in [4.78, 5) is 0. The summed E-state index contributed by atoms with van der Waals surface area (Å²) in [5.41, 5.74) is 0. The van der Waals surface area contributed by atoms with Gasteiger partial charge in [0, 0.05) is 19.6 Å². The summed E-state index contributed by atoms with van der Waals surface area (Å²) in [5.74, 6) is 0.644. The molecule has 0 aromatic carbocycles. The predicted octanol–water partition coefficient (Wildman–Crippen LogP) is 3.37. The van der Waals surface area contributed by atoms with Gasteiger partial charge in [0.05, 0.1) is 6.61 Å². The minimum Gasteiger partial charge on any atom is -0.380 e. The molecule has 0 aliphatic carbocycles. The van der Waals surface area contributed by atoms with E-state index in [-0.39, 0.29) is 6.42 Å². The molecule has 0 aliphatic rings. The Bertz CT molecular complexity index is 172. The van der Waals surface area contributed by atoms with Gasteiger partial charge in [-0.25, -0.2) is 0 Å². The molecule has 0 heterocycles. The van der Waals surface area contributed by atoms with Crippen LogP contribution >= 0.6 is 0 Å².